The smallest absolute Gasteiger partial charge is 0.337 e. The Morgan fingerprint density at radius 2 is 2.04 bits per heavy atom. The Hall–Kier alpha value is -3.06. The average molecular weight is 402 g/mol. The zero-order valence-electron chi connectivity index (χ0n) is 15.8. The van der Waals surface area contributed by atoms with E-state index in [4.69, 9.17) is 21.1 Å². The average Bonchev–Trinajstić information content (AvgIpc) is 3.09. The third-order valence-electron chi connectivity index (χ3n) is 4.17. The number of carbonyl (C=O) groups excluding carboxylic acids is 2. The number of hydrogen-bond donors (Lipinski definition) is 1. The van der Waals surface area contributed by atoms with Crippen LogP contribution in [0.2, 0.25) is 5.02 Å². The number of fused-ring (bicyclic) bond motifs is 1. The first-order chi connectivity index (χ1) is 13.5. The van der Waals surface area contributed by atoms with Crippen LogP contribution in [0.25, 0.3) is 5.65 Å². The Kier molecular flexibility index (Phi) is 5.84. The molecule has 7 nitrogen and oxygen atoms in total. The first kappa shape index (κ1) is 19.7. The number of anilines is 1. The number of ether oxygens (including phenoxy) is 2. The van der Waals surface area contributed by atoms with E-state index >= 15 is 0 Å². The summed E-state index contributed by atoms with van der Waals surface area (Å²) < 4.78 is 12.0. The predicted octanol–water partition coefficient (Wildman–Crippen LogP) is 3.99. The molecule has 0 aliphatic rings. The summed E-state index contributed by atoms with van der Waals surface area (Å²) in [4.78, 5) is 29.4. The van der Waals surface area contributed by atoms with Crippen molar-refractivity contribution < 1.29 is 19.1 Å². The number of halogens is 1. The van der Waals surface area contributed by atoms with Crippen molar-refractivity contribution in [1.29, 1.82) is 0 Å². The van der Waals surface area contributed by atoms with Crippen molar-refractivity contribution in [1.82, 2.24) is 9.38 Å². The van der Waals surface area contributed by atoms with Gasteiger partial charge in [-0.1, -0.05) is 18.5 Å². The number of carbonyl (C=O) groups is 2. The summed E-state index contributed by atoms with van der Waals surface area (Å²) in [6, 6.07) is 8.15. The number of aromatic nitrogens is 2. The highest BCUT2D eigenvalue weighted by Gasteiger charge is 2.21. The monoisotopic (exact) mass is 401 g/mol. The Balaban J connectivity index is 2.03. The molecule has 0 unspecified atom stereocenters. The Morgan fingerprint density at radius 3 is 2.71 bits per heavy atom. The van der Waals surface area contributed by atoms with Gasteiger partial charge in [-0.15, -0.1) is 0 Å². The van der Waals surface area contributed by atoms with Gasteiger partial charge in [0, 0.05) is 6.20 Å². The molecule has 0 bridgehead atoms. The minimum atomic E-state index is -0.516. The van der Waals surface area contributed by atoms with Gasteiger partial charge < -0.3 is 14.8 Å². The van der Waals surface area contributed by atoms with Gasteiger partial charge >= 0.3 is 5.97 Å². The number of amides is 1. The normalized spacial score (nSPS) is 10.7. The van der Waals surface area contributed by atoms with Crippen molar-refractivity contribution in [3.05, 3.63) is 58.5 Å². The van der Waals surface area contributed by atoms with Crippen LogP contribution >= 0.6 is 11.6 Å². The van der Waals surface area contributed by atoms with Gasteiger partial charge in [0.25, 0.3) is 5.91 Å². The lowest BCUT2D eigenvalue weighted by Gasteiger charge is -2.10. The second-order valence-electron chi connectivity index (χ2n) is 5.90. The van der Waals surface area contributed by atoms with E-state index in [9.17, 15) is 9.59 Å². The van der Waals surface area contributed by atoms with Crippen LogP contribution in [0.1, 0.15) is 40.4 Å². The van der Waals surface area contributed by atoms with E-state index in [1.165, 1.54) is 25.3 Å². The van der Waals surface area contributed by atoms with E-state index in [2.05, 4.69) is 10.3 Å². The summed E-state index contributed by atoms with van der Waals surface area (Å²) in [6.07, 6.45) is 2.32. The maximum Gasteiger partial charge on any atom is 0.337 e. The molecule has 28 heavy (non-hydrogen) atoms. The van der Waals surface area contributed by atoms with Crippen molar-refractivity contribution in [3.63, 3.8) is 0 Å². The van der Waals surface area contributed by atoms with Gasteiger partial charge in [-0.25, -0.2) is 9.78 Å². The molecule has 146 valence electrons. The standard InChI is InChI=1S/C20H20ClN3O4/c1-4-14-17(24-10-6-7-16(28-5-2)18(24)22-14)19(25)23-15-11-12(20(26)27-3)8-9-13(15)21/h6-11H,4-5H2,1-3H3,(H,23,25). The maximum absolute atomic E-state index is 13.1. The number of benzene rings is 1. The van der Waals surface area contributed by atoms with Crippen LogP contribution in [-0.4, -0.2) is 35.0 Å². The van der Waals surface area contributed by atoms with E-state index in [0.29, 0.717) is 46.5 Å². The second kappa shape index (κ2) is 8.31. The fourth-order valence-electron chi connectivity index (χ4n) is 2.89. The van der Waals surface area contributed by atoms with Crippen LogP contribution in [0.3, 0.4) is 0 Å². The van der Waals surface area contributed by atoms with Crippen molar-refractivity contribution in [2.75, 3.05) is 19.0 Å². The van der Waals surface area contributed by atoms with Crippen LogP contribution in [-0.2, 0) is 11.2 Å². The second-order valence-corrected chi connectivity index (χ2v) is 6.31. The Bertz CT molecular complexity index is 1050. The molecule has 3 aromatic rings. The lowest BCUT2D eigenvalue weighted by atomic mass is 10.2. The molecule has 2 heterocycles. The molecule has 0 spiro atoms. The minimum absolute atomic E-state index is 0.287. The summed E-state index contributed by atoms with van der Waals surface area (Å²) in [5, 5.41) is 3.08. The summed E-state index contributed by atoms with van der Waals surface area (Å²) in [5.74, 6) is -0.302. The molecule has 0 aliphatic heterocycles. The highest BCUT2D eigenvalue weighted by Crippen LogP contribution is 2.27. The number of aryl methyl sites for hydroxylation is 1. The zero-order chi connectivity index (χ0) is 20.3. The van der Waals surface area contributed by atoms with Gasteiger partial charge in [-0.3, -0.25) is 9.20 Å². The maximum atomic E-state index is 13.1. The van der Waals surface area contributed by atoms with Crippen LogP contribution in [0.5, 0.6) is 5.75 Å². The quantitative estimate of drug-likeness (QED) is 0.631. The molecule has 0 saturated carbocycles. The summed E-state index contributed by atoms with van der Waals surface area (Å²) in [7, 11) is 1.29. The molecular formula is C20H20ClN3O4. The molecule has 3 rings (SSSR count). The number of nitrogens with one attached hydrogen (secondary N) is 1. The third kappa shape index (κ3) is 3.66. The topological polar surface area (TPSA) is 81.9 Å². The summed E-state index contributed by atoms with van der Waals surface area (Å²) in [6.45, 7) is 4.30. The minimum Gasteiger partial charge on any atom is -0.490 e. The Labute approximate surface area is 167 Å². The number of imidazole rings is 1. The molecule has 1 N–H and O–H groups in total. The third-order valence-corrected chi connectivity index (χ3v) is 4.50. The number of methoxy groups -OCH3 is 1. The molecule has 8 heteroatoms. The van der Waals surface area contributed by atoms with Crippen molar-refractivity contribution in [3.8, 4) is 5.75 Å². The predicted molar refractivity (Wildman–Crippen MR) is 106 cm³/mol. The van der Waals surface area contributed by atoms with Gasteiger partial charge in [0.15, 0.2) is 11.4 Å². The zero-order valence-corrected chi connectivity index (χ0v) is 16.5. The van der Waals surface area contributed by atoms with Gasteiger partial charge in [-0.2, -0.15) is 0 Å². The van der Waals surface area contributed by atoms with Crippen LogP contribution < -0.4 is 10.1 Å². The molecule has 0 aliphatic carbocycles. The van der Waals surface area contributed by atoms with E-state index < -0.39 is 5.97 Å². The molecule has 0 fully saturated rings. The lowest BCUT2D eigenvalue weighted by molar-refractivity contribution is 0.0600. The van der Waals surface area contributed by atoms with Crippen molar-refractivity contribution >= 4 is 34.8 Å². The highest BCUT2D eigenvalue weighted by atomic mass is 35.5. The number of esters is 1. The van der Waals surface area contributed by atoms with Crippen LogP contribution in [0.4, 0.5) is 5.69 Å². The van der Waals surface area contributed by atoms with E-state index in [1.807, 2.05) is 19.9 Å². The van der Waals surface area contributed by atoms with Gasteiger partial charge in [0.1, 0.15) is 5.69 Å². The van der Waals surface area contributed by atoms with Crippen molar-refractivity contribution in [2.45, 2.75) is 20.3 Å². The van der Waals surface area contributed by atoms with Crippen LogP contribution in [0, 0.1) is 0 Å². The van der Waals surface area contributed by atoms with E-state index in [0.717, 1.165) is 0 Å². The van der Waals surface area contributed by atoms with E-state index in [1.54, 1.807) is 16.7 Å². The number of rotatable bonds is 6. The molecular weight excluding hydrogens is 382 g/mol. The van der Waals surface area contributed by atoms with Gasteiger partial charge in [-0.05, 0) is 43.7 Å². The van der Waals surface area contributed by atoms with E-state index in [-0.39, 0.29) is 11.5 Å². The first-order valence-electron chi connectivity index (χ1n) is 8.82. The number of hydrogen-bond acceptors (Lipinski definition) is 5. The van der Waals surface area contributed by atoms with Gasteiger partial charge in [0.05, 0.1) is 35.7 Å². The summed E-state index contributed by atoms with van der Waals surface area (Å²) >= 11 is 6.20. The largest absolute Gasteiger partial charge is 0.490 e. The molecule has 1 aromatic carbocycles. The molecule has 0 saturated heterocycles. The van der Waals surface area contributed by atoms with Gasteiger partial charge in [0.2, 0.25) is 0 Å². The SMILES string of the molecule is CCOc1cccn2c(C(=O)Nc3cc(C(=O)OC)ccc3Cl)c(CC)nc12. The summed E-state index contributed by atoms with van der Waals surface area (Å²) in [5.41, 5.74) is 2.19. The van der Waals surface area contributed by atoms with Crippen LogP contribution in [0.15, 0.2) is 36.5 Å². The lowest BCUT2D eigenvalue weighted by Crippen LogP contribution is -2.17. The fraction of sp³-hybridized carbons (Fsp3) is 0.250. The molecule has 1 amide bonds. The molecule has 2 aromatic heterocycles. The molecule has 0 atom stereocenters. The van der Waals surface area contributed by atoms with Crippen molar-refractivity contribution in [2.24, 2.45) is 0 Å². The highest BCUT2D eigenvalue weighted by molar-refractivity contribution is 6.34. The number of pyridine rings is 1. The first-order valence-corrected chi connectivity index (χ1v) is 9.19. The fourth-order valence-corrected chi connectivity index (χ4v) is 3.06. The number of nitrogens with zero attached hydrogens (tertiary/aromatic N) is 2. The Morgan fingerprint density at radius 1 is 1.25 bits per heavy atom. The molecule has 0 radical (unpaired) electrons.